The first-order valence-electron chi connectivity index (χ1n) is 7.51. The normalized spacial score (nSPS) is 11.3. The second-order valence-electron chi connectivity index (χ2n) is 5.26. The zero-order valence-corrected chi connectivity index (χ0v) is 15.7. The molecule has 0 nitrogen and oxygen atoms in total. The number of aryl methyl sites for hydroxylation is 1. The topological polar surface area (TPSA) is 0 Å². The molecule has 1 aromatic heterocycles. The van der Waals surface area contributed by atoms with Gasteiger partial charge in [-0.15, -0.1) is 0 Å². The van der Waals surface area contributed by atoms with Gasteiger partial charge in [-0.1, -0.05) is 0 Å². The van der Waals surface area contributed by atoms with Crippen LogP contribution in [0.1, 0.15) is 24.6 Å². The van der Waals surface area contributed by atoms with Gasteiger partial charge < -0.3 is 0 Å². The second kappa shape index (κ2) is 6.93. The standard InChI is InChI=1S/C19H21IS/c1-3-4-13-20-16-11-9-15(10-12-16)19-14(2)21-18-8-6-5-7-17(18)19/h5-12,20H,3-4,13H2,1-2H3. The molecule has 3 aromatic rings. The zero-order chi connectivity index (χ0) is 14.7. The van der Waals surface area contributed by atoms with E-state index >= 15 is 0 Å². The molecule has 2 aromatic carbocycles. The molecule has 110 valence electrons. The van der Waals surface area contributed by atoms with Crippen molar-refractivity contribution in [3.05, 3.63) is 57.0 Å². The van der Waals surface area contributed by atoms with Crippen LogP contribution in [0, 0.1) is 10.5 Å². The van der Waals surface area contributed by atoms with Crippen molar-refractivity contribution in [3.63, 3.8) is 0 Å². The van der Waals surface area contributed by atoms with E-state index in [4.69, 9.17) is 0 Å². The quantitative estimate of drug-likeness (QED) is 0.255. The Bertz CT molecular complexity index is 725. The minimum absolute atomic E-state index is 0.0272. The number of rotatable bonds is 5. The summed E-state index contributed by atoms with van der Waals surface area (Å²) in [4.78, 5) is 1.42. The van der Waals surface area contributed by atoms with Crippen molar-refractivity contribution in [2.24, 2.45) is 0 Å². The van der Waals surface area contributed by atoms with E-state index in [9.17, 15) is 0 Å². The molecule has 0 aliphatic heterocycles. The summed E-state index contributed by atoms with van der Waals surface area (Å²) in [6.45, 7) is 4.52. The Balaban J connectivity index is 1.90. The molecule has 0 spiro atoms. The van der Waals surface area contributed by atoms with Crippen molar-refractivity contribution in [2.75, 3.05) is 4.43 Å². The van der Waals surface area contributed by atoms with Gasteiger partial charge in [0.25, 0.3) is 0 Å². The summed E-state index contributed by atoms with van der Waals surface area (Å²) in [5.74, 6) is 0. The summed E-state index contributed by atoms with van der Waals surface area (Å²) in [5.41, 5.74) is 2.80. The molecule has 0 aliphatic carbocycles. The Morgan fingerprint density at radius 1 is 1.00 bits per heavy atom. The van der Waals surface area contributed by atoms with E-state index in [1.54, 1.807) is 3.57 Å². The number of halogens is 1. The average Bonchev–Trinajstić information content (AvgIpc) is 2.84. The molecular formula is C19H21IS. The van der Waals surface area contributed by atoms with Crippen LogP contribution in [0.3, 0.4) is 0 Å². The molecule has 0 fully saturated rings. The van der Waals surface area contributed by atoms with Gasteiger partial charge in [-0.3, -0.25) is 0 Å². The van der Waals surface area contributed by atoms with Gasteiger partial charge >= 0.3 is 142 Å². The fraction of sp³-hybridized carbons (Fsp3) is 0.263. The van der Waals surface area contributed by atoms with Gasteiger partial charge in [0.2, 0.25) is 0 Å². The minimum atomic E-state index is 0.0272. The number of hydrogen-bond donors (Lipinski definition) is 0. The summed E-state index contributed by atoms with van der Waals surface area (Å²) in [6.07, 6.45) is 2.71. The maximum atomic E-state index is 2.36. The Morgan fingerprint density at radius 3 is 2.52 bits per heavy atom. The molecule has 0 saturated carbocycles. The van der Waals surface area contributed by atoms with Gasteiger partial charge in [0.1, 0.15) is 0 Å². The molecule has 0 N–H and O–H groups in total. The van der Waals surface area contributed by atoms with Crippen molar-refractivity contribution in [1.29, 1.82) is 0 Å². The number of unbranched alkanes of at least 4 members (excludes halogenated alkanes) is 1. The van der Waals surface area contributed by atoms with Gasteiger partial charge in [0.15, 0.2) is 0 Å². The average molecular weight is 408 g/mol. The van der Waals surface area contributed by atoms with Crippen LogP contribution in [0.15, 0.2) is 48.5 Å². The molecule has 1 heterocycles. The predicted octanol–water partition coefficient (Wildman–Crippen LogP) is 6.55. The summed E-state index contributed by atoms with van der Waals surface area (Å²) in [7, 11) is 0. The molecule has 21 heavy (non-hydrogen) atoms. The monoisotopic (exact) mass is 408 g/mol. The summed E-state index contributed by atoms with van der Waals surface area (Å²) in [6, 6.07) is 18.1. The van der Waals surface area contributed by atoms with Crippen molar-refractivity contribution in [1.82, 2.24) is 0 Å². The van der Waals surface area contributed by atoms with Crippen LogP contribution < -0.4 is 0 Å². The Kier molecular flexibility index (Phi) is 4.96. The zero-order valence-electron chi connectivity index (χ0n) is 12.6. The SMILES string of the molecule is CCCC[IH]c1ccc(-c2c(C)sc3ccccc23)cc1. The van der Waals surface area contributed by atoms with Crippen molar-refractivity contribution in [2.45, 2.75) is 26.7 Å². The summed E-state index contributed by atoms with van der Waals surface area (Å²) < 4.78 is 4.42. The molecule has 0 radical (unpaired) electrons. The van der Waals surface area contributed by atoms with Gasteiger partial charge in [-0.2, -0.15) is 0 Å². The second-order valence-corrected chi connectivity index (χ2v) is 9.85. The predicted molar refractivity (Wildman–Crippen MR) is 106 cm³/mol. The molecule has 0 aliphatic rings. The molecular weight excluding hydrogens is 387 g/mol. The van der Waals surface area contributed by atoms with E-state index in [1.807, 2.05) is 11.3 Å². The number of hydrogen-bond acceptors (Lipinski definition) is 1. The first-order valence-corrected chi connectivity index (χ1v) is 11.1. The van der Waals surface area contributed by atoms with Crippen LogP contribution in [-0.2, 0) is 0 Å². The third kappa shape index (κ3) is 3.32. The Morgan fingerprint density at radius 2 is 1.76 bits per heavy atom. The summed E-state index contributed by atoms with van der Waals surface area (Å²) in [5, 5.41) is 1.40. The molecule has 2 heteroatoms. The molecule has 3 rings (SSSR count). The number of alkyl halides is 1. The first kappa shape index (κ1) is 15.0. The third-order valence-electron chi connectivity index (χ3n) is 3.68. The Labute approximate surface area is 141 Å². The van der Waals surface area contributed by atoms with E-state index in [0.717, 1.165) is 0 Å². The number of thiophene rings is 1. The number of benzene rings is 2. The van der Waals surface area contributed by atoms with Crippen molar-refractivity contribution < 1.29 is 0 Å². The third-order valence-corrected chi connectivity index (χ3v) is 7.90. The molecule has 0 saturated heterocycles. The van der Waals surface area contributed by atoms with E-state index in [2.05, 4.69) is 62.4 Å². The van der Waals surface area contributed by atoms with Gasteiger partial charge in [0.05, 0.1) is 0 Å². The number of fused-ring (bicyclic) bond motifs is 1. The van der Waals surface area contributed by atoms with Gasteiger partial charge in [0, 0.05) is 0 Å². The molecule has 0 unspecified atom stereocenters. The van der Waals surface area contributed by atoms with E-state index in [0.29, 0.717) is 0 Å². The maximum absolute atomic E-state index is 2.36. The van der Waals surface area contributed by atoms with Crippen molar-refractivity contribution in [3.8, 4) is 11.1 Å². The molecule has 0 bridgehead atoms. The van der Waals surface area contributed by atoms with Crippen molar-refractivity contribution >= 4 is 42.6 Å². The van der Waals surface area contributed by atoms with Crippen LogP contribution in [0.2, 0.25) is 0 Å². The summed E-state index contributed by atoms with van der Waals surface area (Å²) >= 11 is 1.93. The van der Waals surface area contributed by atoms with Crippen LogP contribution in [0.25, 0.3) is 21.2 Å². The van der Waals surface area contributed by atoms with Crippen LogP contribution in [0.4, 0.5) is 0 Å². The molecule has 0 amide bonds. The van der Waals surface area contributed by atoms with Crippen LogP contribution in [-0.4, -0.2) is 4.43 Å². The molecule has 0 atom stereocenters. The van der Waals surface area contributed by atoms with E-state index in [-0.39, 0.29) is 21.2 Å². The van der Waals surface area contributed by atoms with E-state index in [1.165, 1.54) is 43.4 Å². The Hall–Kier alpha value is -0.870. The first-order chi connectivity index (χ1) is 10.3. The van der Waals surface area contributed by atoms with Gasteiger partial charge in [-0.25, -0.2) is 0 Å². The van der Waals surface area contributed by atoms with Crippen LogP contribution in [0.5, 0.6) is 0 Å². The van der Waals surface area contributed by atoms with Gasteiger partial charge in [-0.05, 0) is 0 Å². The van der Waals surface area contributed by atoms with Crippen LogP contribution >= 0.6 is 32.5 Å². The fourth-order valence-corrected chi connectivity index (χ4v) is 6.51. The fourth-order valence-electron chi connectivity index (χ4n) is 2.58. The van der Waals surface area contributed by atoms with E-state index < -0.39 is 0 Å².